The molecule has 2 heterocycles. The molecule has 10 aliphatic carbocycles. The van der Waals surface area contributed by atoms with Gasteiger partial charge >= 0.3 is 0 Å². The molecule has 2 saturated heterocycles. The number of rotatable bonds is 6. The first kappa shape index (κ1) is 40.8. The van der Waals surface area contributed by atoms with Gasteiger partial charge in [-0.2, -0.15) is 11.8 Å². The van der Waals surface area contributed by atoms with E-state index in [9.17, 15) is 0 Å². The average molecular weight is 826 g/mol. The van der Waals surface area contributed by atoms with Crippen LogP contribution in [0.1, 0.15) is 225 Å². The zero-order chi connectivity index (χ0) is 38.9. The summed E-state index contributed by atoms with van der Waals surface area (Å²) in [5, 5.41) is 1.95. The van der Waals surface area contributed by atoms with Crippen LogP contribution in [0.3, 0.4) is 0 Å². The minimum absolute atomic E-state index is 0.626. The molecule has 0 bridgehead atoms. The van der Waals surface area contributed by atoms with E-state index in [2.05, 4.69) is 16.7 Å². The zero-order valence-electron chi connectivity index (χ0n) is 38.1. The van der Waals surface area contributed by atoms with Gasteiger partial charge in [-0.05, 0) is 231 Å². The molecule has 59 heavy (non-hydrogen) atoms. The van der Waals surface area contributed by atoms with Gasteiger partial charge in [0.15, 0.2) is 0 Å². The lowest BCUT2D eigenvalue weighted by Gasteiger charge is -2.53. The summed E-state index contributed by atoms with van der Waals surface area (Å²) in [6, 6.07) is 2.73. The van der Waals surface area contributed by atoms with Crippen LogP contribution in [0.15, 0.2) is 0 Å². The second kappa shape index (κ2) is 17.9. The number of fused-ring (bicyclic) bond motifs is 10. The highest BCUT2D eigenvalue weighted by atomic mass is 32.2. The predicted octanol–water partition coefficient (Wildman–Crippen LogP) is 15.1. The third-order valence-corrected chi connectivity index (χ3v) is 25.0. The van der Waals surface area contributed by atoms with Crippen molar-refractivity contribution in [3.63, 3.8) is 0 Å². The summed E-state index contributed by atoms with van der Waals surface area (Å²) < 4.78 is 6.90. The Balaban J connectivity index is 0.707. The van der Waals surface area contributed by atoms with Gasteiger partial charge in [0.1, 0.15) is 0 Å². The number of hydrogen-bond donors (Lipinski definition) is 0. The Labute approximate surface area is 368 Å². The lowest BCUT2D eigenvalue weighted by atomic mass is 9.55. The van der Waals surface area contributed by atoms with Crippen LogP contribution >= 0.6 is 11.8 Å². The third kappa shape index (κ3) is 7.85. The highest BCUT2D eigenvalue weighted by Crippen LogP contribution is 2.64. The molecule has 12 aliphatic rings. The minimum atomic E-state index is 0.626. The predicted molar refractivity (Wildman–Crippen MR) is 247 cm³/mol. The molecule has 14 unspecified atom stereocenters. The summed E-state index contributed by atoms with van der Waals surface area (Å²) in [6.07, 6.45) is 55.5. The third-order valence-electron chi connectivity index (χ3n) is 23.0. The van der Waals surface area contributed by atoms with Gasteiger partial charge in [0, 0.05) is 34.5 Å². The van der Waals surface area contributed by atoms with E-state index >= 15 is 0 Å². The molecule has 0 aromatic carbocycles. The first-order valence-corrected chi connectivity index (χ1v) is 29.3. The fourth-order valence-electron chi connectivity index (χ4n) is 20.3. The molecule has 2 nitrogen and oxygen atoms in total. The first-order chi connectivity index (χ1) is 29.2. The Hall–Kier alpha value is 0.270. The van der Waals surface area contributed by atoms with Crippen LogP contribution in [0, 0.1) is 82.9 Å². The molecule has 12 rings (SSSR count). The van der Waals surface area contributed by atoms with Crippen molar-refractivity contribution in [2.24, 2.45) is 82.9 Å². The van der Waals surface area contributed by atoms with Crippen LogP contribution in [0.25, 0.3) is 0 Å². The summed E-state index contributed by atoms with van der Waals surface area (Å²) in [5.41, 5.74) is 0. The topological polar surface area (TPSA) is 12.5 Å². The Morgan fingerprint density at radius 3 is 1.49 bits per heavy atom. The number of hydrogen-bond acceptors (Lipinski definition) is 3. The van der Waals surface area contributed by atoms with Gasteiger partial charge in [0.25, 0.3) is 0 Å². The van der Waals surface area contributed by atoms with Crippen molar-refractivity contribution in [1.82, 2.24) is 4.90 Å². The molecule has 332 valence electrons. The van der Waals surface area contributed by atoms with Gasteiger partial charge in [-0.3, -0.25) is 4.90 Å². The molecule has 10 saturated carbocycles. The molecule has 14 atom stereocenters. The molecule has 0 radical (unpaired) electrons. The summed E-state index contributed by atoms with van der Waals surface area (Å²) in [5.74, 6) is 14.8. The fraction of sp³-hybridized carbons (Fsp3) is 1.00. The SMILES string of the molecule is C1CCC(C2CCC(N(C3CCC(C4CCC5CCC6CCCCC6C5C4)CC3)C3CCC(C4CCCC5C6CCC7OC8CCCCC8C7C6SC45)CC3)CC2)CC1. The standard InChI is InChI=1S/C56H91NOS/c1-2-9-36(10-3-1)37-21-27-43(28-22-37)57(44-29-23-38(24-30-44)42-20-19-41-18-17-39-11-4-5-12-46(39)51(41)35-42)45-31-25-40(26-32-45)47-14-8-15-48-49-33-34-53-54(56(49)59-55(47)48)50-13-6-7-16-52(50)58-53/h36-56H,1-35H2. The lowest BCUT2D eigenvalue weighted by Crippen LogP contribution is -2.53. The van der Waals surface area contributed by atoms with Gasteiger partial charge < -0.3 is 4.74 Å². The van der Waals surface area contributed by atoms with Crippen molar-refractivity contribution in [2.75, 3.05) is 0 Å². The van der Waals surface area contributed by atoms with Crippen molar-refractivity contribution in [3.05, 3.63) is 0 Å². The van der Waals surface area contributed by atoms with Crippen LogP contribution in [0.5, 0.6) is 0 Å². The van der Waals surface area contributed by atoms with Crippen LogP contribution in [0.2, 0.25) is 0 Å². The Morgan fingerprint density at radius 1 is 0.288 bits per heavy atom. The van der Waals surface area contributed by atoms with Gasteiger partial charge in [-0.25, -0.2) is 0 Å². The van der Waals surface area contributed by atoms with Gasteiger partial charge in [0.2, 0.25) is 0 Å². The number of nitrogens with zero attached hydrogens (tertiary/aromatic N) is 1. The maximum Gasteiger partial charge on any atom is 0.0621 e. The molecule has 12 fully saturated rings. The van der Waals surface area contributed by atoms with Crippen LogP contribution in [-0.4, -0.2) is 45.7 Å². The summed E-state index contributed by atoms with van der Waals surface area (Å²) >= 11 is 2.61. The molecule has 0 spiro atoms. The van der Waals surface area contributed by atoms with Crippen LogP contribution in [0.4, 0.5) is 0 Å². The van der Waals surface area contributed by atoms with Crippen molar-refractivity contribution in [2.45, 2.75) is 266 Å². The largest absolute Gasteiger partial charge is 0.374 e. The average Bonchev–Trinajstić information content (AvgIpc) is 3.89. The smallest absolute Gasteiger partial charge is 0.0621 e. The second-order valence-corrected chi connectivity index (χ2v) is 26.5. The normalized spacial score (nSPS) is 53.0. The number of thioether (sulfide) groups is 1. The molecule has 0 aromatic rings. The molecule has 0 amide bonds. The highest BCUT2D eigenvalue weighted by Gasteiger charge is 2.60. The quantitative estimate of drug-likeness (QED) is 0.265. The molecular weight excluding hydrogens is 735 g/mol. The van der Waals surface area contributed by atoms with E-state index in [1.165, 1.54) is 57.8 Å². The summed E-state index contributed by atoms with van der Waals surface area (Å²) in [4.78, 5) is 3.39. The molecule has 0 N–H and O–H groups in total. The van der Waals surface area contributed by atoms with E-state index in [1.807, 2.05) is 0 Å². The van der Waals surface area contributed by atoms with Crippen molar-refractivity contribution >= 4 is 11.8 Å². The van der Waals surface area contributed by atoms with E-state index in [1.54, 1.807) is 167 Å². The highest BCUT2D eigenvalue weighted by molar-refractivity contribution is 8.00. The van der Waals surface area contributed by atoms with Crippen LogP contribution < -0.4 is 0 Å². The van der Waals surface area contributed by atoms with Gasteiger partial charge in [-0.15, -0.1) is 0 Å². The fourth-order valence-corrected chi connectivity index (χ4v) is 22.9. The summed E-state index contributed by atoms with van der Waals surface area (Å²) in [6.45, 7) is 0. The van der Waals surface area contributed by atoms with E-state index in [4.69, 9.17) is 4.74 Å². The van der Waals surface area contributed by atoms with E-state index in [-0.39, 0.29) is 0 Å². The Morgan fingerprint density at radius 2 is 0.763 bits per heavy atom. The Kier molecular flexibility index (Phi) is 12.4. The van der Waals surface area contributed by atoms with Crippen molar-refractivity contribution < 1.29 is 4.74 Å². The van der Waals surface area contributed by atoms with E-state index in [0.29, 0.717) is 12.2 Å². The van der Waals surface area contributed by atoms with E-state index < -0.39 is 0 Å². The first-order valence-electron chi connectivity index (χ1n) is 28.3. The van der Waals surface area contributed by atoms with E-state index in [0.717, 1.165) is 111 Å². The lowest BCUT2D eigenvalue weighted by molar-refractivity contribution is -0.0263. The monoisotopic (exact) mass is 826 g/mol. The maximum atomic E-state index is 6.90. The van der Waals surface area contributed by atoms with Crippen LogP contribution in [-0.2, 0) is 4.74 Å². The molecular formula is C56H91NOS. The number of ether oxygens (including phenoxy) is 1. The molecule has 0 aromatic heterocycles. The van der Waals surface area contributed by atoms with Crippen molar-refractivity contribution in [3.8, 4) is 0 Å². The molecule has 2 aliphatic heterocycles. The second-order valence-electron chi connectivity index (χ2n) is 25.1. The van der Waals surface area contributed by atoms with Crippen molar-refractivity contribution in [1.29, 1.82) is 0 Å². The summed E-state index contributed by atoms with van der Waals surface area (Å²) in [7, 11) is 0. The zero-order valence-corrected chi connectivity index (χ0v) is 39.0. The van der Waals surface area contributed by atoms with Gasteiger partial charge in [0.05, 0.1) is 12.2 Å². The minimum Gasteiger partial charge on any atom is -0.374 e. The maximum absolute atomic E-state index is 6.90. The molecule has 3 heteroatoms. The van der Waals surface area contributed by atoms with Gasteiger partial charge in [-0.1, -0.05) is 70.6 Å². The Bertz CT molecular complexity index is 1370.